The predicted molar refractivity (Wildman–Crippen MR) is 50.5 cm³/mol. The van der Waals surface area contributed by atoms with Crippen LogP contribution in [0, 0.1) is 0 Å². The summed E-state index contributed by atoms with van der Waals surface area (Å²) in [7, 11) is 1.63. The Morgan fingerprint density at radius 3 is 2.86 bits per heavy atom. The molecule has 0 bridgehead atoms. The van der Waals surface area contributed by atoms with Gasteiger partial charge in [0.1, 0.15) is 0 Å². The van der Waals surface area contributed by atoms with E-state index < -0.39 is 0 Å². The number of hydrogen-bond acceptors (Lipinski definition) is 3. The molecule has 14 heavy (non-hydrogen) atoms. The van der Waals surface area contributed by atoms with Crippen LogP contribution < -0.4 is 5.32 Å². The summed E-state index contributed by atoms with van der Waals surface area (Å²) in [6, 6.07) is -0.199. The van der Waals surface area contributed by atoms with Crippen LogP contribution >= 0.6 is 0 Å². The Hall–Kier alpha value is -1.52. The Balaban J connectivity index is 2.81. The maximum atomic E-state index is 11.4. The Morgan fingerprint density at radius 2 is 2.29 bits per heavy atom. The summed E-state index contributed by atoms with van der Waals surface area (Å²) in [6.07, 6.45) is 0. The minimum atomic E-state index is -0.364. The smallest absolute Gasteiger partial charge is 0.337 e. The van der Waals surface area contributed by atoms with Crippen LogP contribution in [0.2, 0.25) is 0 Å². The van der Waals surface area contributed by atoms with Gasteiger partial charge in [-0.15, -0.1) is 0 Å². The van der Waals surface area contributed by atoms with Crippen LogP contribution in [0.3, 0.4) is 0 Å². The van der Waals surface area contributed by atoms with Gasteiger partial charge in [0.25, 0.3) is 0 Å². The van der Waals surface area contributed by atoms with E-state index in [0.717, 1.165) is 0 Å². The van der Waals surface area contributed by atoms with Gasteiger partial charge in [-0.1, -0.05) is 0 Å². The van der Waals surface area contributed by atoms with E-state index in [0.29, 0.717) is 24.4 Å². The molecule has 0 saturated heterocycles. The number of likely N-dealkylation sites (N-methyl/N-ethyl adjacent to an activating group) is 1. The molecule has 0 atom stereocenters. The second kappa shape index (κ2) is 4.13. The molecule has 5 nitrogen and oxygen atoms in total. The molecule has 1 heterocycles. The highest BCUT2D eigenvalue weighted by Gasteiger charge is 2.24. The van der Waals surface area contributed by atoms with Crippen molar-refractivity contribution >= 4 is 12.0 Å². The highest BCUT2D eigenvalue weighted by Crippen LogP contribution is 2.11. The minimum Gasteiger partial charge on any atom is -0.463 e. The van der Waals surface area contributed by atoms with Crippen LogP contribution in [0.25, 0.3) is 0 Å². The zero-order valence-corrected chi connectivity index (χ0v) is 8.59. The molecule has 0 aromatic rings. The fourth-order valence-electron chi connectivity index (χ4n) is 1.19. The standard InChI is InChI=1S/C9H14N2O3/c1-4-14-8(12)7-5-11(3)9(13)10-6(7)2/h4-5H2,1-3H3,(H,10,13). The van der Waals surface area contributed by atoms with Gasteiger partial charge in [-0.05, 0) is 13.8 Å². The monoisotopic (exact) mass is 198 g/mol. The van der Waals surface area contributed by atoms with Crippen LogP contribution in [0.5, 0.6) is 0 Å². The zero-order chi connectivity index (χ0) is 10.7. The van der Waals surface area contributed by atoms with Crippen molar-refractivity contribution in [1.82, 2.24) is 10.2 Å². The van der Waals surface area contributed by atoms with Gasteiger partial charge < -0.3 is 15.0 Å². The quantitative estimate of drug-likeness (QED) is 0.656. The zero-order valence-electron chi connectivity index (χ0n) is 8.59. The van der Waals surface area contributed by atoms with Gasteiger partial charge in [-0.25, -0.2) is 9.59 Å². The number of carbonyl (C=O) groups is 2. The predicted octanol–water partition coefficient (Wildman–Crippen LogP) is 0.479. The van der Waals surface area contributed by atoms with Crippen molar-refractivity contribution in [3.8, 4) is 0 Å². The number of hydrogen-bond donors (Lipinski definition) is 1. The van der Waals surface area contributed by atoms with Crippen LogP contribution in [0.15, 0.2) is 11.3 Å². The highest BCUT2D eigenvalue weighted by molar-refractivity contribution is 5.93. The van der Waals surface area contributed by atoms with Crippen molar-refractivity contribution < 1.29 is 14.3 Å². The molecule has 0 aromatic carbocycles. The van der Waals surface area contributed by atoms with E-state index >= 15 is 0 Å². The average molecular weight is 198 g/mol. The van der Waals surface area contributed by atoms with Crippen molar-refractivity contribution in [2.24, 2.45) is 0 Å². The number of nitrogens with zero attached hydrogens (tertiary/aromatic N) is 1. The highest BCUT2D eigenvalue weighted by atomic mass is 16.5. The molecule has 0 radical (unpaired) electrons. The summed E-state index contributed by atoms with van der Waals surface area (Å²) >= 11 is 0. The molecule has 5 heteroatoms. The van der Waals surface area contributed by atoms with E-state index in [2.05, 4.69) is 5.32 Å². The van der Waals surface area contributed by atoms with Gasteiger partial charge >= 0.3 is 12.0 Å². The third-order valence-corrected chi connectivity index (χ3v) is 2.01. The second-order valence-electron chi connectivity index (χ2n) is 3.11. The minimum absolute atomic E-state index is 0.199. The van der Waals surface area contributed by atoms with Gasteiger partial charge in [0.2, 0.25) is 0 Å². The number of urea groups is 1. The largest absolute Gasteiger partial charge is 0.463 e. The van der Waals surface area contributed by atoms with Gasteiger partial charge in [0, 0.05) is 12.7 Å². The van der Waals surface area contributed by atoms with Crippen LogP contribution in [-0.2, 0) is 9.53 Å². The SMILES string of the molecule is CCOC(=O)C1=C(C)NC(=O)N(C)C1. The van der Waals surface area contributed by atoms with E-state index in [9.17, 15) is 9.59 Å². The first-order chi connectivity index (χ1) is 6.56. The van der Waals surface area contributed by atoms with E-state index in [1.807, 2.05) is 0 Å². The first kappa shape index (κ1) is 10.6. The van der Waals surface area contributed by atoms with Crippen LogP contribution in [-0.4, -0.2) is 37.1 Å². The lowest BCUT2D eigenvalue weighted by Gasteiger charge is -2.25. The lowest BCUT2D eigenvalue weighted by molar-refractivity contribution is -0.138. The average Bonchev–Trinajstić information content (AvgIpc) is 2.11. The molecule has 1 aliphatic heterocycles. The lowest BCUT2D eigenvalue weighted by Crippen LogP contribution is -2.44. The number of rotatable bonds is 2. The number of esters is 1. The van der Waals surface area contributed by atoms with Gasteiger partial charge in [0.05, 0.1) is 18.7 Å². The number of nitrogens with one attached hydrogen (secondary N) is 1. The molecule has 0 saturated carbocycles. The first-order valence-electron chi connectivity index (χ1n) is 4.45. The van der Waals surface area contributed by atoms with E-state index in [1.165, 1.54) is 4.90 Å². The molecule has 1 rings (SSSR count). The molecular weight excluding hydrogens is 184 g/mol. The Labute approximate surface area is 82.7 Å². The number of carbonyl (C=O) groups excluding carboxylic acids is 2. The van der Waals surface area contributed by atoms with E-state index in [4.69, 9.17) is 4.74 Å². The van der Waals surface area contributed by atoms with Gasteiger partial charge in [0.15, 0.2) is 0 Å². The molecule has 0 spiro atoms. The van der Waals surface area contributed by atoms with Gasteiger partial charge in [-0.2, -0.15) is 0 Å². The molecule has 0 aliphatic carbocycles. The summed E-state index contributed by atoms with van der Waals surface area (Å²) in [5.41, 5.74) is 1.08. The molecule has 2 amide bonds. The van der Waals surface area contributed by atoms with Crippen molar-refractivity contribution in [2.45, 2.75) is 13.8 Å². The number of allylic oxidation sites excluding steroid dienone is 1. The topological polar surface area (TPSA) is 58.6 Å². The normalized spacial score (nSPS) is 16.8. The number of amides is 2. The Bertz CT molecular complexity index is 296. The van der Waals surface area contributed by atoms with E-state index in [-0.39, 0.29) is 12.0 Å². The maximum absolute atomic E-state index is 11.4. The maximum Gasteiger partial charge on any atom is 0.337 e. The third kappa shape index (κ3) is 2.04. The van der Waals surface area contributed by atoms with Gasteiger partial charge in [-0.3, -0.25) is 0 Å². The van der Waals surface area contributed by atoms with Crippen molar-refractivity contribution in [3.63, 3.8) is 0 Å². The van der Waals surface area contributed by atoms with Crippen LogP contribution in [0.4, 0.5) is 4.79 Å². The molecule has 0 fully saturated rings. The number of ether oxygens (including phenoxy) is 1. The summed E-state index contributed by atoms with van der Waals surface area (Å²) in [5.74, 6) is -0.364. The summed E-state index contributed by atoms with van der Waals surface area (Å²) < 4.78 is 4.86. The molecule has 78 valence electrons. The fourth-order valence-corrected chi connectivity index (χ4v) is 1.19. The first-order valence-corrected chi connectivity index (χ1v) is 4.45. The van der Waals surface area contributed by atoms with Crippen LogP contribution in [0.1, 0.15) is 13.8 Å². The van der Waals surface area contributed by atoms with Crippen molar-refractivity contribution in [1.29, 1.82) is 0 Å². The Morgan fingerprint density at radius 1 is 1.64 bits per heavy atom. The summed E-state index contributed by atoms with van der Waals surface area (Å²) in [6.45, 7) is 4.08. The lowest BCUT2D eigenvalue weighted by atomic mass is 10.1. The van der Waals surface area contributed by atoms with Crippen molar-refractivity contribution in [2.75, 3.05) is 20.2 Å². The van der Waals surface area contributed by atoms with Crippen molar-refractivity contribution in [3.05, 3.63) is 11.3 Å². The molecule has 1 aliphatic rings. The second-order valence-corrected chi connectivity index (χ2v) is 3.11. The Kier molecular flexibility index (Phi) is 3.11. The summed E-state index contributed by atoms with van der Waals surface area (Å²) in [5, 5.41) is 2.58. The molecular formula is C9H14N2O3. The summed E-state index contributed by atoms with van der Waals surface area (Å²) in [4.78, 5) is 24.0. The molecule has 0 unspecified atom stereocenters. The van der Waals surface area contributed by atoms with E-state index in [1.54, 1.807) is 20.9 Å². The fraction of sp³-hybridized carbons (Fsp3) is 0.556. The molecule has 1 N–H and O–H groups in total. The molecule has 0 aromatic heterocycles. The third-order valence-electron chi connectivity index (χ3n) is 2.01.